The molecule has 118 valence electrons. The molecular formula is C16H27IN4. The molecule has 3 N–H and O–H groups in total. The van der Waals surface area contributed by atoms with Crippen LogP contribution >= 0.6 is 24.0 Å². The van der Waals surface area contributed by atoms with Gasteiger partial charge < -0.3 is 11.1 Å². The summed E-state index contributed by atoms with van der Waals surface area (Å²) in [5.41, 5.74) is 8.30. The van der Waals surface area contributed by atoms with Gasteiger partial charge in [0, 0.05) is 11.7 Å². The van der Waals surface area contributed by atoms with Gasteiger partial charge in [-0.05, 0) is 50.0 Å². The number of halogens is 1. The average Bonchev–Trinajstić information content (AvgIpc) is 2.93. The fourth-order valence-electron chi connectivity index (χ4n) is 2.78. The lowest BCUT2D eigenvalue weighted by atomic mass is 10.1. The Balaban J connectivity index is 0.00000220. The first-order chi connectivity index (χ1) is 9.72. The quantitative estimate of drug-likeness (QED) is 0.452. The number of rotatable bonds is 5. The number of nitrogens with two attached hydrogens (primary N) is 1. The summed E-state index contributed by atoms with van der Waals surface area (Å²) in [5.74, 6) is 0.515. The van der Waals surface area contributed by atoms with E-state index in [9.17, 15) is 0 Å². The predicted octanol–water partition coefficient (Wildman–Crippen LogP) is 3.08. The third-order valence-corrected chi connectivity index (χ3v) is 3.99. The monoisotopic (exact) mass is 402 g/mol. The molecule has 1 unspecified atom stereocenters. The summed E-state index contributed by atoms with van der Waals surface area (Å²) in [4.78, 5) is 6.98. The molecule has 0 saturated carbocycles. The van der Waals surface area contributed by atoms with Crippen molar-refractivity contribution in [2.75, 3.05) is 25.0 Å². The summed E-state index contributed by atoms with van der Waals surface area (Å²) in [6.45, 7) is 7.45. The minimum atomic E-state index is 0. The number of anilines is 1. The molecule has 1 saturated heterocycles. The highest BCUT2D eigenvalue weighted by molar-refractivity contribution is 14.0. The maximum Gasteiger partial charge on any atom is 0.193 e. The summed E-state index contributed by atoms with van der Waals surface area (Å²) < 4.78 is 0. The number of nitrogens with zero attached hydrogens (tertiary/aromatic N) is 2. The Hall–Kier alpha value is -0.820. The molecule has 1 fully saturated rings. The van der Waals surface area contributed by atoms with Gasteiger partial charge in [-0.15, -0.1) is 24.0 Å². The van der Waals surface area contributed by atoms with E-state index in [1.54, 1.807) is 0 Å². The minimum Gasteiger partial charge on any atom is -0.370 e. The summed E-state index contributed by atoms with van der Waals surface area (Å²) in [6.07, 6.45) is 3.54. The lowest BCUT2D eigenvalue weighted by molar-refractivity contribution is 0.273. The molecule has 1 aromatic rings. The SMILES string of the molecule is CCc1cccc(NC(N)=NCC2CCCN2CC)c1.I. The zero-order valence-corrected chi connectivity index (χ0v) is 15.3. The number of likely N-dealkylation sites (tertiary alicyclic amines) is 1. The number of nitrogens with one attached hydrogen (secondary N) is 1. The van der Waals surface area contributed by atoms with Crippen molar-refractivity contribution in [3.05, 3.63) is 29.8 Å². The van der Waals surface area contributed by atoms with Crippen molar-refractivity contribution in [2.24, 2.45) is 10.7 Å². The van der Waals surface area contributed by atoms with Crippen molar-refractivity contribution in [2.45, 2.75) is 39.2 Å². The fraction of sp³-hybridized carbons (Fsp3) is 0.562. The second-order valence-electron chi connectivity index (χ2n) is 5.33. The van der Waals surface area contributed by atoms with E-state index in [1.807, 2.05) is 12.1 Å². The summed E-state index contributed by atoms with van der Waals surface area (Å²) in [5, 5.41) is 3.18. The van der Waals surface area contributed by atoms with Gasteiger partial charge in [0.15, 0.2) is 5.96 Å². The first kappa shape index (κ1) is 18.2. The van der Waals surface area contributed by atoms with Gasteiger partial charge in [0.2, 0.25) is 0 Å². The molecule has 0 bridgehead atoms. The topological polar surface area (TPSA) is 53.6 Å². The van der Waals surface area contributed by atoms with Crippen LogP contribution in [0.3, 0.4) is 0 Å². The van der Waals surface area contributed by atoms with Crippen LogP contribution in [0.1, 0.15) is 32.3 Å². The molecule has 5 heteroatoms. The maximum absolute atomic E-state index is 5.98. The Kier molecular flexibility index (Phi) is 8.03. The van der Waals surface area contributed by atoms with Crippen LogP contribution in [0.4, 0.5) is 5.69 Å². The second-order valence-corrected chi connectivity index (χ2v) is 5.33. The van der Waals surface area contributed by atoms with Gasteiger partial charge in [0.25, 0.3) is 0 Å². The summed E-state index contributed by atoms with van der Waals surface area (Å²) >= 11 is 0. The van der Waals surface area contributed by atoms with E-state index < -0.39 is 0 Å². The van der Waals surface area contributed by atoms with E-state index in [0.29, 0.717) is 12.0 Å². The molecular weight excluding hydrogens is 375 g/mol. The van der Waals surface area contributed by atoms with Crippen molar-refractivity contribution in [3.8, 4) is 0 Å². The number of hydrogen-bond donors (Lipinski definition) is 2. The van der Waals surface area contributed by atoms with Crippen LogP contribution in [0.2, 0.25) is 0 Å². The fourth-order valence-corrected chi connectivity index (χ4v) is 2.78. The Bertz CT molecular complexity index is 461. The third kappa shape index (κ3) is 5.47. The molecule has 1 atom stereocenters. The van der Waals surface area contributed by atoms with Gasteiger partial charge >= 0.3 is 0 Å². The van der Waals surface area contributed by atoms with Crippen LogP contribution in [-0.2, 0) is 6.42 Å². The zero-order chi connectivity index (χ0) is 14.4. The van der Waals surface area contributed by atoms with Crippen molar-refractivity contribution >= 4 is 35.6 Å². The Morgan fingerprint density at radius 2 is 2.24 bits per heavy atom. The van der Waals surface area contributed by atoms with Gasteiger partial charge in [-0.2, -0.15) is 0 Å². The molecule has 0 radical (unpaired) electrons. The van der Waals surface area contributed by atoms with Gasteiger partial charge in [0.1, 0.15) is 0 Å². The standard InChI is InChI=1S/C16H26N4.HI/c1-3-13-7-5-8-14(11-13)19-16(17)18-12-15-9-6-10-20(15)4-2;/h5,7-8,11,15H,3-4,6,9-10,12H2,1-2H3,(H3,17,18,19);1H. The van der Waals surface area contributed by atoms with Crippen molar-refractivity contribution in [1.82, 2.24) is 4.90 Å². The van der Waals surface area contributed by atoms with Crippen LogP contribution in [0.15, 0.2) is 29.3 Å². The number of aliphatic imine (C=N–C) groups is 1. The van der Waals surface area contributed by atoms with E-state index in [1.165, 1.54) is 24.9 Å². The van der Waals surface area contributed by atoms with Gasteiger partial charge in [0.05, 0.1) is 6.54 Å². The van der Waals surface area contributed by atoms with E-state index in [-0.39, 0.29) is 24.0 Å². The largest absolute Gasteiger partial charge is 0.370 e. The molecule has 2 rings (SSSR count). The highest BCUT2D eigenvalue weighted by atomic mass is 127. The zero-order valence-electron chi connectivity index (χ0n) is 13.0. The third-order valence-electron chi connectivity index (χ3n) is 3.99. The number of hydrogen-bond acceptors (Lipinski definition) is 2. The van der Waals surface area contributed by atoms with Crippen LogP contribution in [0, 0.1) is 0 Å². The number of guanidine groups is 1. The van der Waals surface area contributed by atoms with Gasteiger partial charge in [-0.1, -0.05) is 26.0 Å². The highest BCUT2D eigenvalue weighted by Gasteiger charge is 2.22. The molecule has 0 amide bonds. The lowest BCUT2D eigenvalue weighted by Gasteiger charge is -2.21. The molecule has 1 heterocycles. The smallest absolute Gasteiger partial charge is 0.193 e. The van der Waals surface area contributed by atoms with E-state index in [0.717, 1.165) is 25.2 Å². The van der Waals surface area contributed by atoms with E-state index >= 15 is 0 Å². The summed E-state index contributed by atoms with van der Waals surface area (Å²) in [7, 11) is 0. The first-order valence-corrected chi connectivity index (χ1v) is 7.62. The number of benzene rings is 1. The Labute approximate surface area is 145 Å². The van der Waals surface area contributed by atoms with Crippen LogP contribution < -0.4 is 11.1 Å². The minimum absolute atomic E-state index is 0. The molecule has 4 nitrogen and oxygen atoms in total. The average molecular weight is 402 g/mol. The molecule has 0 spiro atoms. The molecule has 1 aliphatic rings. The molecule has 21 heavy (non-hydrogen) atoms. The summed E-state index contributed by atoms with van der Waals surface area (Å²) in [6, 6.07) is 8.87. The number of aryl methyl sites for hydroxylation is 1. The predicted molar refractivity (Wildman–Crippen MR) is 102 cm³/mol. The van der Waals surface area contributed by atoms with Crippen LogP contribution in [0.5, 0.6) is 0 Å². The second kappa shape index (κ2) is 9.25. The first-order valence-electron chi connectivity index (χ1n) is 7.62. The van der Waals surface area contributed by atoms with Crippen molar-refractivity contribution in [1.29, 1.82) is 0 Å². The van der Waals surface area contributed by atoms with E-state index in [2.05, 4.69) is 41.2 Å². The van der Waals surface area contributed by atoms with Crippen LogP contribution in [0.25, 0.3) is 0 Å². The van der Waals surface area contributed by atoms with Gasteiger partial charge in [-0.3, -0.25) is 9.89 Å². The maximum atomic E-state index is 5.98. The molecule has 1 aliphatic heterocycles. The lowest BCUT2D eigenvalue weighted by Crippen LogP contribution is -2.33. The van der Waals surface area contributed by atoms with E-state index in [4.69, 9.17) is 5.73 Å². The molecule has 1 aromatic carbocycles. The molecule has 0 aromatic heterocycles. The molecule has 0 aliphatic carbocycles. The highest BCUT2D eigenvalue weighted by Crippen LogP contribution is 2.16. The van der Waals surface area contributed by atoms with Crippen molar-refractivity contribution < 1.29 is 0 Å². The Morgan fingerprint density at radius 3 is 2.95 bits per heavy atom. The van der Waals surface area contributed by atoms with Gasteiger partial charge in [-0.25, -0.2) is 0 Å². The number of likely N-dealkylation sites (N-methyl/N-ethyl adjacent to an activating group) is 1. The van der Waals surface area contributed by atoms with Crippen molar-refractivity contribution in [3.63, 3.8) is 0 Å². The van der Waals surface area contributed by atoms with Crippen LogP contribution in [-0.4, -0.2) is 36.5 Å². The Morgan fingerprint density at radius 1 is 1.43 bits per heavy atom. The normalized spacial score (nSPS) is 19.3.